The van der Waals surface area contributed by atoms with Crippen LogP contribution in [0.3, 0.4) is 0 Å². The third-order valence-electron chi connectivity index (χ3n) is 3.29. The highest BCUT2D eigenvalue weighted by Crippen LogP contribution is 2.39. The van der Waals surface area contributed by atoms with Crippen molar-refractivity contribution in [3.8, 4) is 11.1 Å². The summed E-state index contributed by atoms with van der Waals surface area (Å²) in [4.78, 5) is 11.9. The molecule has 0 fully saturated rings. The maximum Gasteiger partial charge on any atom is 0.255 e. The van der Waals surface area contributed by atoms with Crippen molar-refractivity contribution in [1.29, 1.82) is 0 Å². The normalized spacial score (nSPS) is 11.3. The maximum absolute atomic E-state index is 14.7. The molecule has 2 aromatic heterocycles. The van der Waals surface area contributed by atoms with E-state index < -0.39 is 18.8 Å². The molecule has 10 heteroatoms. The Labute approximate surface area is 158 Å². The second kappa shape index (κ2) is 7.31. The van der Waals surface area contributed by atoms with Gasteiger partial charge in [0.15, 0.2) is 0 Å². The van der Waals surface area contributed by atoms with Gasteiger partial charge in [-0.25, -0.2) is 28.1 Å². The van der Waals surface area contributed by atoms with Crippen molar-refractivity contribution in [2.75, 3.05) is 11.9 Å². The van der Waals surface area contributed by atoms with Crippen LogP contribution in [0.5, 0.6) is 0 Å². The minimum absolute atomic E-state index is 0.00577. The van der Waals surface area contributed by atoms with Gasteiger partial charge in [0.1, 0.15) is 16.2 Å². The van der Waals surface area contributed by atoms with Crippen LogP contribution in [-0.4, -0.2) is 27.9 Å². The summed E-state index contributed by atoms with van der Waals surface area (Å²) in [6.45, 7) is -0.684. The number of nitrogens with one attached hydrogen (secondary N) is 1. The lowest BCUT2D eigenvalue weighted by atomic mass is 10.0. The first-order chi connectivity index (χ1) is 11.9. The van der Waals surface area contributed by atoms with Gasteiger partial charge in [-0.3, -0.25) is 0 Å². The second-order valence-electron chi connectivity index (χ2n) is 4.92. The van der Waals surface area contributed by atoms with Gasteiger partial charge in [-0.1, -0.05) is 11.6 Å². The highest BCUT2D eigenvalue weighted by molar-refractivity contribution is 9.10. The first kappa shape index (κ1) is 18.2. The lowest BCUT2D eigenvalue weighted by Gasteiger charge is -2.14. The highest BCUT2D eigenvalue weighted by atomic mass is 79.9. The minimum atomic E-state index is -2.63. The van der Waals surface area contributed by atoms with E-state index in [1.807, 2.05) is 0 Å². The van der Waals surface area contributed by atoms with E-state index in [-0.39, 0.29) is 32.6 Å². The lowest BCUT2D eigenvalue weighted by Crippen LogP contribution is -2.12. The summed E-state index contributed by atoms with van der Waals surface area (Å²) in [6, 6.07) is 4.24. The number of nitrogens with zero attached hydrogens (tertiary/aromatic N) is 3. The zero-order valence-electron chi connectivity index (χ0n) is 12.2. The van der Waals surface area contributed by atoms with Crippen molar-refractivity contribution in [3.05, 3.63) is 45.1 Å². The quantitative estimate of drug-likeness (QED) is 0.415. The van der Waals surface area contributed by atoms with Crippen LogP contribution in [0.2, 0.25) is 10.3 Å². The molecule has 130 valence electrons. The van der Waals surface area contributed by atoms with Crippen molar-refractivity contribution in [1.82, 2.24) is 15.0 Å². The SMILES string of the molecule is Fc1cc(Cl)c2nc(Cl)nc(NCC(F)F)c2c1-c1ccnc(Br)c1. The second-order valence-corrected chi connectivity index (χ2v) is 6.48. The number of hydrogen-bond acceptors (Lipinski definition) is 4. The molecule has 3 rings (SSSR count). The van der Waals surface area contributed by atoms with Gasteiger partial charge in [0.05, 0.1) is 22.5 Å². The van der Waals surface area contributed by atoms with Crippen molar-refractivity contribution < 1.29 is 13.2 Å². The number of alkyl halides is 2. The van der Waals surface area contributed by atoms with Gasteiger partial charge in [0.2, 0.25) is 5.28 Å². The summed E-state index contributed by atoms with van der Waals surface area (Å²) in [5, 5.41) is 2.43. The van der Waals surface area contributed by atoms with Gasteiger partial charge in [-0.15, -0.1) is 0 Å². The molecule has 0 bridgehead atoms. The summed E-state index contributed by atoms with van der Waals surface area (Å²) in [6.07, 6.45) is -1.16. The standard InChI is InChI=1S/C15H8BrCl2F3N4/c16-9-3-6(1-2-22-9)11-8(19)4-7(17)13-12(11)14(23-5-10(20)21)25-15(18)24-13/h1-4,10H,5H2,(H,23,24,25). The molecule has 0 saturated carbocycles. The molecule has 0 aliphatic carbocycles. The lowest BCUT2D eigenvalue weighted by molar-refractivity contribution is 0.163. The molecule has 0 unspecified atom stereocenters. The molecule has 0 saturated heterocycles. The maximum atomic E-state index is 14.7. The molecule has 0 radical (unpaired) electrons. The van der Waals surface area contributed by atoms with Crippen LogP contribution in [-0.2, 0) is 0 Å². The summed E-state index contributed by atoms with van der Waals surface area (Å²) >= 11 is 15.1. The van der Waals surface area contributed by atoms with Crippen LogP contribution in [0.1, 0.15) is 0 Å². The number of aromatic nitrogens is 3. The Hall–Kier alpha value is -1.64. The van der Waals surface area contributed by atoms with Crippen LogP contribution in [0, 0.1) is 5.82 Å². The Balaban J connectivity index is 2.35. The van der Waals surface area contributed by atoms with Gasteiger partial charge in [-0.05, 0) is 51.3 Å². The zero-order valence-corrected chi connectivity index (χ0v) is 15.3. The molecule has 0 amide bonds. The Morgan fingerprint density at radius 3 is 2.64 bits per heavy atom. The molecular formula is C15H8BrCl2F3N4. The Morgan fingerprint density at radius 2 is 1.96 bits per heavy atom. The number of rotatable bonds is 4. The molecule has 0 aliphatic rings. The monoisotopic (exact) mass is 450 g/mol. The fourth-order valence-corrected chi connectivity index (χ4v) is 3.12. The van der Waals surface area contributed by atoms with Crippen LogP contribution in [0.15, 0.2) is 29.0 Å². The molecular weight excluding hydrogens is 444 g/mol. The number of halogens is 6. The molecule has 0 aliphatic heterocycles. The molecule has 2 heterocycles. The van der Waals surface area contributed by atoms with Crippen LogP contribution < -0.4 is 5.32 Å². The van der Waals surface area contributed by atoms with E-state index in [4.69, 9.17) is 23.2 Å². The summed E-state index contributed by atoms with van der Waals surface area (Å²) < 4.78 is 40.4. The van der Waals surface area contributed by atoms with Crippen LogP contribution >= 0.6 is 39.1 Å². The van der Waals surface area contributed by atoms with E-state index in [2.05, 4.69) is 36.2 Å². The Kier molecular flexibility index (Phi) is 5.31. The molecule has 1 aromatic carbocycles. The summed E-state index contributed by atoms with van der Waals surface area (Å²) in [5.74, 6) is -0.679. The van der Waals surface area contributed by atoms with Crippen LogP contribution in [0.25, 0.3) is 22.0 Å². The third-order valence-corrected chi connectivity index (χ3v) is 4.18. The minimum Gasteiger partial charge on any atom is -0.364 e. The third kappa shape index (κ3) is 3.80. The van der Waals surface area contributed by atoms with Gasteiger partial charge in [-0.2, -0.15) is 0 Å². The molecule has 25 heavy (non-hydrogen) atoms. The highest BCUT2D eigenvalue weighted by Gasteiger charge is 2.20. The number of benzene rings is 1. The summed E-state index contributed by atoms with van der Waals surface area (Å²) in [5.41, 5.74) is 0.714. The number of anilines is 1. The van der Waals surface area contributed by atoms with Gasteiger partial charge in [0, 0.05) is 11.8 Å². The molecule has 4 nitrogen and oxygen atoms in total. The van der Waals surface area contributed by atoms with Crippen LogP contribution in [0.4, 0.5) is 19.0 Å². The fourth-order valence-electron chi connectivity index (χ4n) is 2.36. The van der Waals surface area contributed by atoms with E-state index in [9.17, 15) is 13.2 Å². The Morgan fingerprint density at radius 1 is 1.20 bits per heavy atom. The molecule has 1 N–H and O–H groups in total. The van der Waals surface area contributed by atoms with Crippen molar-refractivity contribution in [2.45, 2.75) is 6.43 Å². The van der Waals surface area contributed by atoms with E-state index in [0.717, 1.165) is 6.07 Å². The van der Waals surface area contributed by atoms with Crippen molar-refractivity contribution in [2.24, 2.45) is 0 Å². The summed E-state index contributed by atoms with van der Waals surface area (Å²) in [7, 11) is 0. The van der Waals surface area contributed by atoms with Gasteiger partial charge < -0.3 is 5.32 Å². The van der Waals surface area contributed by atoms with E-state index in [1.165, 1.54) is 6.20 Å². The van der Waals surface area contributed by atoms with Gasteiger partial charge >= 0.3 is 0 Å². The van der Waals surface area contributed by atoms with E-state index in [0.29, 0.717) is 10.2 Å². The first-order valence-electron chi connectivity index (χ1n) is 6.86. The zero-order chi connectivity index (χ0) is 18.1. The van der Waals surface area contributed by atoms with Gasteiger partial charge in [0.25, 0.3) is 6.43 Å². The van der Waals surface area contributed by atoms with E-state index in [1.54, 1.807) is 12.1 Å². The van der Waals surface area contributed by atoms with Crippen molar-refractivity contribution >= 4 is 55.9 Å². The molecule has 0 spiro atoms. The topological polar surface area (TPSA) is 50.7 Å². The van der Waals surface area contributed by atoms with Crippen molar-refractivity contribution in [3.63, 3.8) is 0 Å². The molecule has 0 atom stereocenters. The average Bonchev–Trinajstić information content (AvgIpc) is 2.53. The fraction of sp³-hybridized carbons (Fsp3) is 0.133. The Bertz CT molecular complexity index is 956. The molecule has 3 aromatic rings. The number of fused-ring (bicyclic) bond motifs is 1. The number of hydrogen-bond donors (Lipinski definition) is 1. The van der Waals surface area contributed by atoms with E-state index >= 15 is 0 Å². The number of pyridine rings is 1. The smallest absolute Gasteiger partial charge is 0.255 e. The predicted molar refractivity (Wildman–Crippen MR) is 94.9 cm³/mol. The first-order valence-corrected chi connectivity index (χ1v) is 8.41. The average molecular weight is 452 g/mol. The largest absolute Gasteiger partial charge is 0.364 e. The predicted octanol–water partition coefficient (Wildman–Crippen LogP) is 5.58.